The summed E-state index contributed by atoms with van der Waals surface area (Å²) in [7, 11) is 1.32. The number of aliphatic hydroxyl groups is 1. The molecule has 5 heteroatoms. The van der Waals surface area contributed by atoms with Gasteiger partial charge in [-0.2, -0.15) is 0 Å². The van der Waals surface area contributed by atoms with Crippen LogP contribution in [-0.4, -0.2) is 48.2 Å². The molecule has 0 radical (unpaired) electrons. The van der Waals surface area contributed by atoms with Gasteiger partial charge in [-0.3, -0.25) is 9.59 Å². The van der Waals surface area contributed by atoms with Gasteiger partial charge in [0.05, 0.1) is 19.1 Å². The molecule has 0 aliphatic carbocycles. The number of nitrogens with zero attached hydrogens (tertiary/aromatic N) is 1. The molecule has 0 aliphatic rings. The van der Waals surface area contributed by atoms with Crippen LogP contribution in [0.3, 0.4) is 0 Å². The van der Waals surface area contributed by atoms with Gasteiger partial charge in [-0.1, -0.05) is 13.8 Å². The average Bonchev–Trinajstić information content (AvgIpc) is 2.25. The second-order valence-electron chi connectivity index (χ2n) is 3.93. The summed E-state index contributed by atoms with van der Waals surface area (Å²) in [6.45, 7) is 5.58. The van der Waals surface area contributed by atoms with Gasteiger partial charge in [-0.15, -0.1) is 0 Å². The summed E-state index contributed by atoms with van der Waals surface area (Å²) >= 11 is 0. The van der Waals surface area contributed by atoms with Crippen LogP contribution in [0.15, 0.2) is 0 Å². The van der Waals surface area contributed by atoms with Crippen molar-refractivity contribution in [1.29, 1.82) is 0 Å². The molecule has 0 aromatic carbocycles. The Morgan fingerprint density at radius 2 is 1.88 bits per heavy atom. The largest absolute Gasteiger partial charge is 0.469 e. The molecule has 0 saturated carbocycles. The number of aliphatic hydroxyl groups excluding tert-OH is 1. The summed E-state index contributed by atoms with van der Waals surface area (Å²) in [6, 6.07) is 0. The summed E-state index contributed by atoms with van der Waals surface area (Å²) in [6.07, 6.45) is -0.235. The first-order valence-corrected chi connectivity index (χ1v) is 5.46. The van der Waals surface area contributed by atoms with E-state index >= 15 is 0 Å². The number of amides is 1. The van der Waals surface area contributed by atoms with Crippen molar-refractivity contribution in [2.45, 2.75) is 33.3 Å². The predicted octanol–water partition coefficient (Wildman–Crippen LogP) is 0.415. The Hall–Kier alpha value is -1.10. The second-order valence-corrected chi connectivity index (χ2v) is 3.93. The van der Waals surface area contributed by atoms with E-state index in [1.165, 1.54) is 12.0 Å². The Balaban J connectivity index is 4.41. The van der Waals surface area contributed by atoms with Crippen molar-refractivity contribution >= 4 is 11.9 Å². The fraction of sp³-hybridized carbons (Fsp3) is 0.818. The maximum absolute atomic E-state index is 11.6. The summed E-state index contributed by atoms with van der Waals surface area (Å²) in [5.74, 6) is -0.796. The first-order chi connectivity index (χ1) is 7.42. The smallest absolute Gasteiger partial charge is 0.310 e. The highest BCUT2D eigenvalue weighted by Gasteiger charge is 2.21. The predicted molar refractivity (Wildman–Crippen MR) is 59.7 cm³/mol. The summed E-state index contributed by atoms with van der Waals surface area (Å²) in [5.41, 5.74) is 0. The van der Waals surface area contributed by atoms with Crippen LogP contribution in [0.4, 0.5) is 0 Å². The fourth-order valence-electron chi connectivity index (χ4n) is 1.43. The molecule has 1 N–H and O–H groups in total. The van der Waals surface area contributed by atoms with Crippen LogP contribution in [0.1, 0.15) is 27.2 Å². The fourth-order valence-corrected chi connectivity index (χ4v) is 1.43. The maximum atomic E-state index is 11.6. The lowest BCUT2D eigenvalue weighted by atomic mass is 10.1. The molecule has 0 heterocycles. The highest BCUT2D eigenvalue weighted by atomic mass is 16.5. The SMILES string of the molecule is CCC(=O)N(CC(C)O)CC(C)C(=O)OC. The lowest BCUT2D eigenvalue weighted by Crippen LogP contribution is -2.40. The van der Waals surface area contributed by atoms with E-state index in [4.69, 9.17) is 0 Å². The van der Waals surface area contributed by atoms with Crippen LogP contribution >= 0.6 is 0 Å². The number of methoxy groups -OCH3 is 1. The third-order valence-electron chi connectivity index (χ3n) is 2.24. The van der Waals surface area contributed by atoms with Gasteiger partial charge in [0.25, 0.3) is 0 Å². The normalized spacial score (nSPS) is 14.1. The molecule has 0 saturated heterocycles. The van der Waals surface area contributed by atoms with Crippen molar-refractivity contribution in [3.63, 3.8) is 0 Å². The van der Waals surface area contributed by atoms with Crippen molar-refractivity contribution in [2.75, 3.05) is 20.2 Å². The number of rotatable bonds is 6. The molecule has 5 nitrogen and oxygen atoms in total. The van der Waals surface area contributed by atoms with Gasteiger partial charge in [-0.05, 0) is 6.92 Å². The number of esters is 1. The van der Waals surface area contributed by atoms with Crippen molar-refractivity contribution < 1.29 is 19.4 Å². The van der Waals surface area contributed by atoms with Gasteiger partial charge in [-0.25, -0.2) is 0 Å². The van der Waals surface area contributed by atoms with Crippen LogP contribution in [-0.2, 0) is 14.3 Å². The van der Waals surface area contributed by atoms with E-state index in [-0.39, 0.29) is 30.9 Å². The highest BCUT2D eigenvalue weighted by molar-refractivity contribution is 5.77. The molecule has 16 heavy (non-hydrogen) atoms. The molecule has 0 fully saturated rings. The summed E-state index contributed by atoms with van der Waals surface area (Å²) in [5, 5.41) is 9.27. The van der Waals surface area contributed by atoms with E-state index in [1.54, 1.807) is 20.8 Å². The van der Waals surface area contributed by atoms with Crippen LogP contribution in [0.5, 0.6) is 0 Å². The second kappa shape index (κ2) is 7.22. The minimum atomic E-state index is -0.597. The molecule has 0 rings (SSSR count). The Bertz CT molecular complexity index is 240. The zero-order valence-corrected chi connectivity index (χ0v) is 10.4. The molecule has 0 bridgehead atoms. The quantitative estimate of drug-likeness (QED) is 0.673. The Morgan fingerprint density at radius 1 is 1.31 bits per heavy atom. The van der Waals surface area contributed by atoms with E-state index in [9.17, 15) is 14.7 Å². The van der Waals surface area contributed by atoms with Gasteiger partial charge in [0.2, 0.25) is 5.91 Å². The molecule has 1 amide bonds. The van der Waals surface area contributed by atoms with Crippen LogP contribution in [0.2, 0.25) is 0 Å². The molecule has 2 unspecified atom stereocenters. The van der Waals surface area contributed by atoms with Crippen LogP contribution in [0.25, 0.3) is 0 Å². The van der Waals surface area contributed by atoms with Gasteiger partial charge < -0.3 is 14.7 Å². The van der Waals surface area contributed by atoms with E-state index < -0.39 is 6.10 Å². The molecular weight excluding hydrogens is 210 g/mol. The third-order valence-corrected chi connectivity index (χ3v) is 2.24. The van der Waals surface area contributed by atoms with E-state index in [0.29, 0.717) is 6.42 Å². The zero-order valence-electron chi connectivity index (χ0n) is 10.4. The minimum absolute atomic E-state index is 0.0725. The van der Waals surface area contributed by atoms with E-state index in [2.05, 4.69) is 4.74 Å². The maximum Gasteiger partial charge on any atom is 0.310 e. The van der Waals surface area contributed by atoms with Gasteiger partial charge in [0.1, 0.15) is 0 Å². The number of ether oxygens (including phenoxy) is 1. The third kappa shape index (κ3) is 5.11. The van der Waals surface area contributed by atoms with Gasteiger partial charge in [0.15, 0.2) is 0 Å². The van der Waals surface area contributed by atoms with E-state index in [1.807, 2.05) is 0 Å². The van der Waals surface area contributed by atoms with Gasteiger partial charge >= 0.3 is 5.97 Å². The Labute approximate surface area is 96.4 Å². The van der Waals surface area contributed by atoms with Crippen molar-refractivity contribution in [3.05, 3.63) is 0 Å². The molecule has 0 aromatic heterocycles. The summed E-state index contributed by atoms with van der Waals surface area (Å²) in [4.78, 5) is 24.3. The molecule has 0 aromatic rings. The number of hydrogen-bond donors (Lipinski definition) is 1. The van der Waals surface area contributed by atoms with Crippen molar-refractivity contribution in [1.82, 2.24) is 4.90 Å². The molecule has 2 atom stereocenters. The Morgan fingerprint density at radius 3 is 2.25 bits per heavy atom. The first-order valence-electron chi connectivity index (χ1n) is 5.46. The van der Waals surface area contributed by atoms with E-state index in [0.717, 1.165) is 0 Å². The minimum Gasteiger partial charge on any atom is -0.469 e. The number of carbonyl (C=O) groups is 2. The van der Waals surface area contributed by atoms with Crippen molar-refractivity contribution in [3.8, 4) is 0 Å². The Kier molecular flexibility index (Phi) is 6.72. The number of hydrogen-bond acceptors (Lipinski definition) is 4. The van der Waals surface area contributed by atoms with Crippen molar-refractivity contribution in [2.24, 2.45) is 5.92 Å². The first kappa shape index (κ1) is 14.9. The lowest BCUT2D eigenvalue weighted by molar-refractivity contribution is -0.146. The number of carbonyl (C=O) groups excluding carboxylic acids is 2. The molecular formula is C11H21NO4. The lowest BCUT2D eigenvalue weighted by Gasteiger charge is -2.25. The van der Waals surface area contributed by atoms with Crippen LogP contribution in [0, 0.1) is 5.92 Å². The van der Waals surface area contributed by atoms with Gasteiger partial charge in [0, 0.05) is 19.5 Å². The topological polar surface area (TPSA) is 66.8 Å². The summed E-state index contributed by atoms with van der Waals surface area (Å²) < 4.78 is 4.59. The molecule has 0 aliphatic heterocycles. The molecule has 94 valence electrons. The molecule has 0 spiro atoms. The highest BCUT2D eigenvalue weighted by Crippen LogP contribution is 2.05. The monoisotopic (exact) mass is 231 g/mol. The zero-order chi connectivity index (χ0) is 12.7. The standard InChI is InChI=1S/C11H21NO4/c1-5-10(14)12(7-9(3)13)6-8(2)11(15)16-4/h8-9,13H,5-7H2,1-4H3. The van der Waals surface area contributed by atoms with Crippen LogP contribution < -0.4 is 0 Å². The average molecular weight is 231 g/mol.